The smallest absolute Gasteiger partial charge is 0.212 e. The van der Waals surface area contributed by atoms with Crippen LogP contribution in [-0.4, -0.2) is 49.3 Å². The number of hydrogen-bond acceptors (Lipinski definition) is 6. The molecule has 2 aliphatic carbocycles. The van der Waals surface area contributed by atoms with Crippen LogP contribution in [0.3, 0.4) is 0 Å². The minimum atomic E-state index is -0.185. The third kappa shape index (κ3) is 5.71. The maximum atomic E-state index is 12.4. The minimum Gasteiger partial charge on any atom is -0.505 e. The number of hydrogen-bond donors (Lipinski definition) is 3. The quantitative estimate of drug-likeness (QED) is 0.345. The summed E-state index contributed by atoms with van der Waals surface area (Å²) in [6, 6.07) is 15.5. The molecule has 6 nitrogen and oxygen atoms in total. The van der Waals surface area contributed by atoms with E-state index >= 15 is 0 Å². The number of benzene rings is 2. The predicted molar refractivity (Wildman–Crippen MR) is 132 cm³/mol. The Kier molecular flexibility index (Phi) is 8.06. The number of ketones is 1. The summed E-state index contributed by atoms with van der Waals surface area (Å²) < 4.78 is 0. The van der Waals surface area contributed by atoms with Crippen LogP contribution in [-0.2, 0) is 4.79 Å². The number of aldehydes is 1. The van der Waals surface area contributed by atoms with Gasteiger partial charge in [-0.3, -0.25) is 9.59 Å². The standard InChI is InChI=1S/C24H24N2O3.C3H9N/c1-15-21(22(23(15)28)26-20-13-7-10-17(14-27)24(20)29)25-19-12-6-5-11-18(19)16-8-3-2-4-9-16;1-4(2)3/h2-4,7-10,13-14,18-19,25-26,29H,1,5-6,11-12H2;1-3H3. The van der Waals surface area contributed by atoms with E-state index in [0.29, 0.717) is 34.9 Å². The molecule has 0 radical (unpaired) electrons. The lowest BCUT2D eigenvalue weighted by Crippen LogP contribution is -2.43. The normalized spacial score (nSPS) is 20.0. The van der Waals surface area contributed by atoms with Gasteiger partial charge in [0.05, 0.1) is 16.9 Å². The van der Waals surface area contributed by atoms with Gasteiger partial charge in [0.15, 0.2) is 6.29 Å². The van der Waals surface area contributed by atoms with Crippen LogP contribution < -0.4 is 10.6 Å². The van der Waals surface area contributed by atoms with Gasteiger partial charge in [-0.25, -0.2) is 0 Å². The molecule has 0 amide bonds. The molecule has 0 heterocycles. The molecule has 174 valence electrons. The first-order chi connectivity index (χ1) is 15.8. The van der Waals surface area contributed by atoms with Gasteiger partial charge in [0.2, 0.25) is 5.78 Å². The van der Waals surface area contributed by atoms with Crippen LogP contribution in [0.4, 0.5) is 5.69 Å². The van der Waals surface area contributed by atoms with E-state index in [1.54, 1.807) is 12.1 Å². The van der Waals surface area contributed by atoms with Crippen molar-refractivity contribution in [2.45, 2.75) is 37.6 Å². The molecule has 0 aromatic heterocycles. The molecule has 1 saturated carbocycles. The number of nitrogens with one attached hydrogen (secondary N) is 2. The molecule has 0 saturated heterocycles. The first kappa shape index (κ1) is 24.3. The molecule has 3 N–H and O–H groups in total. The SMILES string of the molecule is C=C1C(=O)C(Nc2cccc(C=O)c2O)=C1NC1CCCCC1c1ccccc1.CN(C)C. The van der Waals surface area contributed by atoms with E-state index in [2.05, 4.69) is 41.5 Å². The van der Waals surface area contributed by atoms with Gasteiger partial charge in [-0.2, -0.15) is 0 Å². The number of rotatable bonds is 6. The van der Waals surface area contributed by atoms with Crippen LogP contribution in [0.15, 0.2) is 72.1 Å². The van der Waals surface area contributed by atoms with Gasteiger partial charge in [-0.1, -0.05) is 55.8 Å². The molecule has 4 rings (SSSR count). The van der Waals surface area contributed by atoms with Crippen molar-refractivity contribution in [2.75, 3.05) is 26.5 Å². The second-order valence-corrected chi connectivity index (χ2v) is 8.94. The maximum Gasteiger partial charge on any atom is 0.212 e. The van der Waals surface area contributed by atoms with Gasteiger partial charge < -0.3 is 20.6 Å². The van der Waals surface area contributed by atoms with Crippen LogP contribution in [0.5, 0.6) is 5.75 Å². The van der Waals surface area contributed by atoms with Crippen molar-refractivity contribution < 1.29 is 14.7 Å². The Morgan fingerprint density at radius 3 is 2.33 bits per heavy atom. The lowest BCUT2D eigenvalue weighted by atomic mass is 9.79. The fraction of sp³-hybridized carbons (Fsp3) is 0.333. The average molecular weight is 448 g/mol. The second kappa shape index (κ2) is 11.0. The number of phenolic OH excluding ortho intramolecular Hbond substituents is 1. The van der Waals surface area contributed by atoms with Crippen molar-refractivity contribution in [3.63, 3.8) is 0 Å². The highest BCUT2D eigenvalue weighted by Gasteiger charge is 2.36. The Bertz CT molecular complexity index is 1040. The number of anilines is 1. The summed E-state index contributed by atoms with van der Waals surface area (Å²) in [5.74, 6) is 0.0176. The van der Waals surface area contributed by atoms with Crippen molar-refractivity contribution >= 4 is 17.8 Å². The molecule has 0 aliphatic heterocycles. The Morgan fingerprint density at radius 2 is 1.67 bits per heavy atom. The first-order valence-corrected chi connectivity index (χ1v) is 11.3. The van der Waals surface area contributed by atoms with Gasteiger partial charge in [0.25, 0.3) is 0 Å². The van der Waals surface area contributed by atoms with Gasteiger partial charge in [-0.05, 0) is 51.7 Å². The summed E-state index contributed by atoms with van der Waals surface area (Å²) in [6.45, 7) is 3.91. The Hall–Kier alpha value is -3.38. The molecule has 0 spiro atoms. The molecule has 2 unspecified atom stereocenters. The van der Waals surface area contributed by atoms with Crippen LogP contribution in [0.25, 0.3) is 0 Å². The number of carbonyl (C=O) groups is 2. The van der Waals surface area contributed by atoms with Crippen LogP contribution >= 0.6 is 0 Å². The lowest BCUT2D eigenvalue weighted by Gasteiger charge is -2.37. The van der Waals surface area contributed by atoms with Gasteiger partial charge in [0, 0.05) is 17.5 Å². The van der Waals surface area contributed by atoms with E-state index in [4.69, 9.17) is 0 Å². The summed E-state index contributed by atoms with van der Waals surface area (Å²) in [5, 5.41) is 16.8. The number of Topliss-reactive ketones (excluding diaryl/α,β-unsaturated/α-hetero) is 1. The molecule has 2 aliphatic rings. The van der Waals surface area contributed by atoms with E-state index < -0.39 is 0 Å². The van der Waals surface area contributed by atoms with Gasteiger partial charge >= 0.3 is 0 Å². The monoisotopic (exact) mass is 447 g/mol. The van der Waals surface area contributed by atoms with E-state index in [-0.39, 0.29) is 23.1 Å². The summed E-state index contributed by atoms with van der Waals surface area (Å²) in [6.07, 6.45) is 5.03. The van der Waals surface area contributed by atoms with E-state index in [9.17, 15) is 14.7 Å². The van der Waals surface area contributed by atoms with Crippen molar-refractivity contribution in [1.82, 2.24) is 10.2 Å². The summed E-state index contributed by atoms with van der Waals surface area (Å²) >= 11 is 0. The molecule has 0 bridgehead atoms. The zero-order valence-electron chi connectivity index (χ0n) is 19.6. The fourth-order valence-electron chi connectivity index (χ4n) is 4.23. The molecular formula is C27H33N3O3. The number of nitrogens with zero attached hydrogens (tertiary/aromatic N) is 1. The number of phenols is 1. The topological polar surface area (TPSA) is 81.7 Å². The molecule has 6 heteroatoms. The third-order valence-corrected chi connectivity index (χ3v) is 5.83. The number of aromatic hydroxyl groups is 1. The maximum absolute atomic E-state index is 12.4. The highest BCUT2D eigenvalue weighted by atomic mass is 16.3. The number of para-hydroxylation sites is 1. The molecular weight excluding hydrogens is 414 g/mol. The molecule has 33 heavy (non-hydrogen) atoms. The third-order valence-electron chi connectivity index (χ3n) is 5.83. The molecule has 2 aromatic rings. The zero-order chi connectivity index (χ0) is 24.0. The van der Waals surface area contributed by atoms with Crippen molar-refractivity contribution in [3.8, 4) is 5.75 Å². The first-order valence-electron chi connectivity index (χ1n) is 11.3. The second-order valence-electron chi connectivity index (χ2n) is 8.94. The summed E-state index contributed by atoms with van der Waals surface area (Å²) in [7, 11) is 6.00. The van der Waals surface area contributed by atoms with Crippen LogP contribution in [0, 0.1) is 0 Å². The zero-order valence-corrected chi connectivity index (χ0v) is 19.6. The molecule has 1 fully saturated rings. The van der Waals surface area contributed by atoms with E-state index in [1.165, 1.54) is 18.1 Å². The Morgan fingerprint density at radius 1 is 1.00 bits per heavy atom. The summed E-state index contributed by atoms with van der Waals surface area (Å²) in [5.41, 5.74) is 3.31. The highest BCUT2D eigenvalue weighted by molar-refractivity contribution is 6.21. The Labute approximate surface area is 196 Å². The van der Waals surface area contributed by atoms with Crippen LogP contribution in [0.1, 0.15) is 47.5 Å². The van der Waals surface area contributed by atoms with Crippen molar-refractivity contribution in [1.29, 1.82) is 0 Å². The van der Waals surface area contributed by atoms with Gasteiger partial charge in [-0.15, -0.1) is 0 Å². The van der Waals surface area contributed by atoms with Gasteiger partial charge in [0.1, 0.15) is 11.4 Å². The minimum absolute atomic E-state index is 0.167. The van der Waals surface area contributed by atoms with E-state index in [0.717, 1.165) is 19.3 Å². The largest absolute Gasteiger partial charge is 0.505 e. The van der Waals surface area contributed by atoms with Crippen molar-refractivity contribution in [2.24, 2.45) is 0 Å². The van der Waals surface area contributed by atoms with Crippen molar-refractivity contribution in [3.05, 3.63) is 83.2 Å². The molecule has 2 atom stereocenters. The number of allylic oxidation sites excluding steroid dienone is 2. The predicted octanol–water partition coefficient (Wildman–Crippen LogP) is 4.46. The number of carbonyl (C=O) groups excluding carboxylic acids is 2. The summed E-state index contributed by atoms with van der Waals surface area (Å²) in [4.78, 5) is 25.5. The fourth-order valence-corrected chi connectivity index (χ4v) is 4.23. The average Bonchev–Trinajstić information content (AvgIpc) is 2.82. The Balaban J connectivity index is 0.000000709. The van der Waals surface area contributed by atoms with Crippen LogP contribution in [0.2, 0.25) is 0 Å². The highest BCUT2D eigenvalue weighted by Crippen LogP contribution is 2.37. The lowest BCUT2D eigenvalue weighted by molar-refractivity contribution is -0.113. The van der Waals surface area contributed by atoms with E-state index in [1.807, 2.05) is 32.1 Å². The molecule has 2 aromatic carbocycles.